The number of thiophene rings is 1. The Morgan fingerprint density at radius 1 is 1.12 bits per heavy atom. The Bertz CT molecular complexity index is 1650. The maximum Gasteiger partial charge on any atom is 0.238 e. The van der Waals surface area contributed by atoms with E-state index in [1.807, 2.05) is 44.3 Å². The molecule has 6 nitrogen and oxygen atoms in total. The lowest BCUT2D eigenvalue weighted by atomic mass is 9.99. The number of nitriles is 2. The Kier molecular flexibility index (Phi) is 8.27. The highest BCUT2D eigenvalue weighted by Crippen LogP contribution is 2.39. The van der Waals surface area contributed by atoms with E-state index in [1.165, 1.54) is 35.2 Å². The summed E-state index contributed by atoms with van der Waals surface area (Å²) >= 11 is 2.66. The number of hydrogen-bond donors (Lipinski definition) is 1. The molecule has 0 spiro atoms. The van der Waals surface area contributed by atoms with E-state index in [-0.39, 0.29) is 11.5 Å². The summed E-state index contributed by atoms with van der Waals surface area (Å²) < 4.78 is 14.2. The number of amides is 1. The fraction of sp³-hybridized carbons (Fsp3) is 0.226. The maximum absolute atomic E-state index is 14.2. The minimum atomic E-state index is -0.570. The van der Waals surface area contributed by atoms with Crippen LogP contribution in [0, 0.1) is 28.5 Å². The molecular formula is C31H26FN5OS2. The van der Waals surface area contributed by atoms with Crippen molar-refractivity contribution in [3.63, 3.8) is 0 Å². The number of benzene rings is 2. The van der Waals surface area contributed by atoms with E-state index in [2.05, 4.69) is 22.4 Å². The topological polar surface area (TPSA) is 92.8 Å². The molecule has 2 aromatic heterocycles. The molecule has 200 valence electrons. The van der Waals surface area contributed by atoms with Crippen LogP contribution in [0.5, 0.6) is 0 Å². The molecule has 9 heteroatoms. The van der Waals surface area contributed by atoms with Crippen LogP contribution in [0.1, 0.15) is 34.9 Å². The molecule has 40 heavy (non-hydrogen) atoms. The zero-order valence-corrected chi connectivity index (χ0v) is 23.7. The van der Waals surface area contributed by atoms with Gasteiger partial charge >= 0.3 is 0 Å². The van der Waals surface area contributed by atoms with Crippen LogP contribution in [0.15, 0.2) is 65.7 Å². The summed E-state index contributed by atoms with van der Waals surface area (Å²) in [5.74, 6) is -0.656. The zero-order valence-electron chi connectivity index (χ0n) is 22.1. The number of hydrogen-bond acceptors (Lipinski definition) is 7. The number of pyridine rings is 1. The second-order valence-corrected chi connectivity index (χ2v) is 11.8. The highest BCUT2D eigenvalue weighted by Gasteiger charge is 2.27. The van der Waals surface area contributed by atoms with Crippen molar-refractivity contribution in [1.29, 1.82) is 10.5 Å². The van der Waals surface area contributed by atoms with Gasteiger partial charge in [-0.05, 0) is 49.2 Å². The van der Waals surface area contributed by atoms with Gasteiger partial charge < -0.3 is 10.2 Å². The van der Waals surface area contributed by atoms with Gasteiger partial charge in [0, 0.05) is 29.1 Å². The second kappa shape index (κ2) is 12.0. The van der Waals surface area contributed by atoms with Gasteiger partial charge in [-0.15, -0.1) is 11.3 Å². The van der Waals surface area contributed by atoms with Crippen molar-refractivity contribution in [2.45, 2.75) is 36.6 Å². The molecule has 1 atom stereocenters. The highest BCUT2D eigenvalue weighted by molar-refractivity contribution is 8.00. The minimum Gasteiger partial charge on any atom is -0.316 e. The van der Waals surface area contributed by atoms with E-state index < -0.39 is 11.1 Å². The van der Waals surface area contributed by atoms with Crippen molar-refractivity contribution >= 4 is 34.0 Å². The van der Waals surface area contributed by atoms with Gasteiger partial charge in [0.1, 0.15) is 28.0 Å². The first kappa shape index (κ1) is 27.5. The van der Waals surface area contributed by atoms with Crippen molar-refractivity contribution in [1.82, 2.24) is 9.88 Å². The molecule has 2 aromatic carbocycles. The van der Waals surface area contributed by atoms with Crippen LogP contribution in [-0.4, -0.2) is 34.6 Å². The summed E-state index contributed by atoms with van der Waals surface area (Å²) in [4.78, 5) is 21.6. The van der Waals surface area contributed by atoms with Crippen LogP contribution >= 0.6 is 23.1 Å². The standard InChI is InChI=1S/C31H26FN5OS2/c1-3-27(29(38)36-31-24(16-33)22-12-13-37(2)18-28(22)40-31)39-30-25(17-34)23(20-10-7-11-21(32)14-20)15-26(35-30)19-8-5-4-6-9-19/h4-11,14-15,27H,3,12-13,18H2,1-2H3,(H,36,38). The quantitative estimate of drug-likeness (QED) is 0.245. The average molecular weight is 568 g/mol. The van der Waals surface area contributed by atoms with Gasteiger partial charge in [0.2, 0.25) is 5.91 Å². The van der Waals surface area contributed by atoms with E-state index >= 15 is 0 Å². The molecule has 0 fully saturated rings. The molecule has 0 saturated heterocycles. The van der Waals surface area contributed by atoms with Crippen molar-refractivity contribution in [3.8, 4) is 34.5 Å². The number of carbonyl (C=O) groups excluding carboxylic acids is 1. The minimum absolute atomic E-state index is 0.251. The SMILES string of the molecule is CCC(Sc1nc(-c2ccccc2)cc(-c2cccc(F)c2)c1C#N)C(=O)Nc1sc2c(c1C#N)CCN(C)C2. The predicted molar refractivity (Wildman–Crippen MR) is 157 cm³/mol. The Labute approximate surface area is 241 Å². The zero-order chi connectivity index (χ0) is 28.2. The van der Waals surface area contributed by atoms with Crippen LogP contribution in [-0.2, 0) is 17.8 Å². The van der Waals surface area contributed by atoms with Crippen molar-refractivity contribution < 1.29 is 9.18 Å². The van der Waals surface area contributed by atoms with Crippen LogP contribution < -0.4 is 5.32 Å². The molecule has 1 aliphatic heterocycles. The van der Waals surface area contributed by atoms with Crippen molar-refractivity contribution in [2.24, 2.45) is 0 Å². The molecule has 3 heterocycles. The number of halogens is 1. The fourth-order valence-corrected chi connectivity index (χ4v) is 7.05. The first-order valence-electron chi connectivity index (χ1n) is 12.9. The van der Waals surface area contributed by atoms with Crippen molar-refractivity contribution in [3.05, 3.63) is 88.0 Å². The first-order chi connectivity index (χ1) is 19.4. The lowest BCUT2D eigenvalue weighted by Gasteiger charge is -2.21. The number of nitrogens with zero attached hydrogens (tertiary/aromatic N) is 4. The van der Waals surface area contributed by atoms with Gasteiger partial charge in [-0.3, -0.25) is 4.79 Å². The van der Waals surface area contributed by atoms with Gasteiger partial charge in [-0.25, -0.2) is 9.37 Å². The summed E-state index contributed by atoms with van der Waals surface area (Å²) in [7, 11) is 2.04. The summed E-state index contributed by atoms with van der Waals surface area (Å²) in [6, 6.07) is 22.0. The summed E-state index contributed by atoms with van der Waals surface area (Å²) in [5.41, 5.74) is 4.42. The largest absolute Gasteiger partial charge is 0.316 e. The van der Waals surface area contributed by atoms with Gasteiger partial charge in [-0.2, -0.15) is 10.5 Å². The number of likely N-dealkylation sites (N-methyl/N-ethyl adjacent to an activating group) is 1. The molecule has 4 aromatic rings. The lowest BCUT2D eigenvalue weighted by molar-refractivity contribution is -0.115. The number of aromatic nitrogens is 1. The number of rotatable bonds is 7. The molecule has 1 amide bonds. The highest BCUT2D eigenvalue weighted by atomic mass is 32.2. The maximum atomic E-state index is 14.2. The van der Waals surface area contributed by atoms with E-state index in [0.29, 0.717) is 38.8 Å². The number of anilines is 1. The Hall–Kier alpha value is -4.02. The van der Waals surface area contributed by atoms with Crippen LogP contribution in [0.4, 0.5) is 9.39 Å². The average Bonchev–Trinajstić information content (AvgIpc) is 3.31. The van der Waals surface area contributed by atoms with E-state index in [0.717, 1.165) is 35.5 Å². The van der Waals surface area contributed by atoms with E-state index in [9.17, 15) is 19.7 Å². The van der Waals surface area contributed by atoms with Crippen LogP contribution in [0.3, 0.4) is 0 Å². The van der Waals surface area contributed by atoms with E-state index in [4.69, 9.17) is 4.98 Å². The lowest BCUT2D eigenvalue weighted by Crippen LogP contribution is -2.25. The number of nitrogens with one attached hydrogen (secondary N) is 1. The van der Waals surface area contributed by atoms with Crippen LogP contribution in [0.25, 0.3) is 22.4 Å². The molecule has 1 N–H and O–H groups in total. The molecule has 1 aliphatic rings. The third kappa shape index (κ3) is 5.64. The second-order valence-electron chi connectivity index (χ2n) is 9.53. The molecule has 0 saturated carbocycles. The Morgan fingerprint density at radius 3 is 2.58 bits per heavy atom. The molecule has 0 aliphatic carbocycles. The molecule has 1 unspecified atom stereocenters. The van der Waals surface area contributed by atoms with Crippen LogP contribution in [0.2, 0.25) is 0 Å². The molecule has 0 bridgehead atoms. The van der Waals surface area contributed by atoms with Gasteiger partial charge in [0.15, 0.2) is 0 Å². The Balaban J connectivity index is 1.51. The van der Waals surface area contributed by atoms with Gasteiger partial charge in [0.05, 0.1) is 22.1 Å². The Morgan fingerprint density at radius 2 is 1.88 bits per heavy atom. The number of thioether (sulfide) groups is 1. The molecule has 5 rings (SSSR count). The first-order valence-corrected chi connectivity index (χ1v) is 14.6. The smallest absolute Gasteiger partial charge is 0.238 e. The number of carbonyl (C=O) groups is 1. The molecule has 0 radical (unpaired) electrons. The normalized spacial score (nSPS) is 13.6. The third-order valence-corrected chi connectivity index (χ3v) is 9.30. The number of fused-ring (bicyclic) bond motifs is 1. The summed E-state index contributed by atoms with van der Waals surface area (Å²) in [6.07, 6.45) is 1.25. The third-order valence-electron chi connectivity index (χ3n) is 6.82. The summed E-state index contributed by atoms with van der Waals surface area (Å²) in [6.45, 7) is 3.52. The van der Waals surface area contributed by atoms with E-state index in [1.54, 1.807) is 18.2 Å². The van der Waals surface area contributed by atoms with Gasteiger partial charge in [-0.1, -0.05) is 61.2 Å². The molecular weight excluding hydrogens is 542 g/mol. The van der Waals surface area contributed by atoms with Gasteiger partial charge in [0.25, 0.3) is 0 Å². The monoisotopic (exact) mass is 567 g/mol. The van der Waals surface area contributed by atoms with Crippen molar-refractivity contribution in [2.75, 3.05) is 18.9 Å². The fourth-order valence-electron chi connectivity index (χ4n) is 4.74. The predicted octanol–water partition coefficient (Wildman–Crippen LogP) is 6.86. The summed E-state index contributed by atoms with van der Waals surface area (Å²) in [5, 5.41) is 23.4.